The summed E-state index contributed by atoms with van der Waals surface area (Å²) >= 11 is 0. The van der Waals surface area contributed by atoms with Crippen LogP contribution >= 0.6 is 0 Å². The van der Waals surface area contributed by atoms with Crippen molar-refractivity contribution in [2.45, 2.75) is 25.7 Å². The number of unbranched alkanes of at least 4 members (excludes halogenated alkanes) is 2. The first-order valence-corrected chi connectivity index (χ1v) is 3.47. The van der Waals surface area contributed by atoms with Crippen molar-refractivity contribution in [3.8, 4) is 0 Å². The van der Waals surface area contributed by atoms with E-state index in [2.05, 4.69) is 19.1 Å². The van der Waals surface area contributed by atoms with Gasteiger partial charge in [0.1, 0.15) is 0 Å². The molecular formula is C8H15O. The Kier molecular flexibility index (Phi) is 7.44. The minimum atomic E-state index is 0.318. The molecule has 9 heavy (non-hydrogen) atoms. The number of hydrogen-bond acceptors (Lipinski definition) is 1. The Balaban J connectivity index is 2.82. The highest BCUT2D eigenvalue weighted by Gasteiger charge is 1.80. The lowest BCUT2D eigenvalue weighted by atomic mass is 10.2. The zero-order chi connectivity index (χ0) is 6.95. The van der Waals surface area contributed by atoms with E-state index in [1.165, 1.54) is 0 Å². The minimum absolute atomic E-state index is 0.318. The van der Waals surface area contributed by atoms with Gasteiger partial charge < -0.3 is 5.11 Å². The lowest BCUT2D eigenvalue weighted by molar-refractivity contribution is 0.285. The molecule has 0 aromatic rings. The number of hydrogen-bond donors (Lipinski definition) is 1. The van der Waals surface area contributed by atoms with E-state index in [-0.39, 0.29) is 0 Å². The van der Waals surface area contributed by atoms with E-state index < -0.39 is 0 Å². The highest BCUT2D eigenvalue weighted by atomic mass is 16.2. The van der Waals surface area contributed by atoms with Gasteiger partial charge in [0.05, 0.1) is 0 Å². The average molecular weight is 127 g/mol. The van der Waals surface area contributed by atoms with E-state index in [1.54, 1.807) is 0 Å². The van der Waals surface area contributed by atoms with E-state index in [1.807, 2.05) is 0 Å². The zero-order valence-electron chi connectivity index (χ0n) is 5.84. The molecule has 0 bridgehead atoms. The van der Waals surface area contributed by atoms with Gasteiger partial charge in [-0.15, -0.1) is 0 Å². The normalized spacial score (nSPS) is 10.9. The predicted octanol–water partition coefficient (Wildman–Crippen LogP) is 1.93. The van der Waals surface area contributed by atoms with E-state index in [9.17, 15) is 0 Å². The summed E-state index contributed by atoms with van der Waals surface area (Å²) in [5, 5.41) is 8.39. The smallest absolute Gasteiger partial charge is 0.0431 e. The molecular weight excluding hydrogens is 112 g/mol. The summed E-state index contributed by atoms with van der Waals surface area (Å²) in [4.78, 5) is 0. The van der Waals surface area contributed by atoms with E-state index in [0.29, 0.717) is 6.61 Å². The van der Waals surface area contributed by atoms with Crippen molar-refractivity contribution in [3.63, 3.8) is 0 Å². The monoisotopic (exact) mass is 127 g/mol. The van der Waals surface area contributed by atoms with Crippen molar-refractivity contribution in [2.24, 2.45) is 0 Å². The van der Waals surface area contributed by atoms with Crippen LogP contribution in [0.25, 0.3) is 0 Å². The Morgan fingerprint density at radius 3 is 2.56 bits per heavy atom. The third-order valence-electron chi connectivity index (χ3n) is 1.11. The lowest BCUT2D eigenvalue weighted by Gasteiger charge is -1.89. The van der Waals surface area contributed by atoms with Crippen molar-refractivity contribution in [3.05, 3.63) is 19.1 Å². The Hall–Kier alpha value is -0.300. The van der Waals surface area contributed by atoms with Crippen molar-refractivity contribution < 1.29 is 5.11 Å². The molecule has 0 aromatic carbocycles. The number of aliphatic hydroxyl groups excluding tert-OH is 1. The molecule has 0 rings (SSSR count). The standard InChI is InChI=1S/C8H15O/c1-2-3-4-5-6-7-8-9/h3-4,9H,1-2,5-8H2. The molecule has 0 amide bonds. The van der Waals surface area contributed by atoms with Crippen molar-refractivity contribution in [1.29, 1.82) is 0 Å². The summed E-state index contributed by atoms with van der Waals surface area (Å²) < 4.78 is 0. The molecule has 1 N–H and O–H groups in total. The SMILES string of the molecule is [CH2]CC=CCCCCO. The Morgan fingerprint density at radius 1 is 1.22 bits per heavy atom. The maximum absolute atomic E-state index is 8.39. The molecule has 0 aliphatic heterocycles. The molecule has 0 heterocycles. The van der Waals surface area contributed by atoms with Gasteiger partial charge in [0.25, 0.3) is 0 Å². The topological polar surface area (TPSA) is 20.2 Å². The Labute approximate surface area is 57.4 Å². The van der Waals surface area contributed by atoms with Crippen molar-refractivity contribution >= 4 is 0 Å². The van der Waals surface area contributed by atoms with Crippen LogP contribution < -0.4 is 0 Å². The van der Waals surface area contributed by atoms with Crippen LogP contribution in [-0.4, -0.2) is 11.7 Å². The highest BCUT2D eigenvalue weighted by Crippen LogP contribution is 1.95. The Bertz CT molecular complexity index is 67.0. The average Bonchev–Trinajstić information content (AvgIpc) is 1.89. The van der Waals surface area contributed by atoms with Gasteiger partial charge in [0.2, 0.25) is 0 Å². The second kappa shape index (κ2) is 7.70. The van der Waals surface area contributed by atoms with E-state index >= 15 is 0 Å². The molecule has 0 fully saturated rings. The Morgan fingerprint density at radius 2 is 2.00 bits per heavy atom. The van der Waals surface area contributed by atoms with Gasteiger partial charge in [0.15, 0.2) is 0 Å². The molecule has 0 aromatic heterocycles. The summed E-state index contributed by atoms with van der Waals surface area (Å²) in [6.07, 6.45) is 8.13. The van der Waals surface area contributed by atoms with Gasteiger partial charge in [0, 0.05) is 6.61 Å². The van der Waals surface area contributed by atoms with Gasteiger partial charge in [-0.1, -0.05) is 12.2 Å². The fraction of sp³-hybridized carbons (Fsp3) is 0.625. The minimum Gasteiger partial charge on any atom is -0.396 e. The fourth-order valence-corrected chi connectivity index (χ4v) is 0.610. The molecule has 0 unspecified atom stereocenters. The molecule has 1 heteroatoms. The number of aliphatic hydroxyl groups is 1. The number of rotatable bonds is 5. The highest BCUT2D eigenvalue weighted by molar-refractivity contribution is 4.81. The second-order valence-electron chi connectivity index (χ2n) is 1.98. The summed E-state index contributed by atoms with van der Waals surface area (Å²) in [6.45, 7) is 3.98. The summed E-state index contributed by atoms with van der Waals surface area (Å²) in [5.41, 5.74) is 0. The van der Waals surface area contributed by atoms with Crippen LogP contribution in [0.5, 0.6) is 0 Å². The third-order valence-corrected chi connectivity index (χ3v) is 1.11. The van der Waals surface area contributed by atoms with Gasteiger partial charge in [-0.3, -0.25) is 0 Å². The lowest BCUT2D eigenvalue weighted by Crippen LogP contribution is -1.79. The maximum atomic E-state index is 8.39. The summed E-state index contributed by atoms with van der Waals surface area (Å²) in [5.74, 6) is 0. The van der Waals surface area contributed by atoms with Crippen LogP contribution in [0.3, 0.4) is 0 Å². The van der Waals surface area contributed by atoms with Crippen molar-refractivity contribution in [2.75, 3.05) is 6.61 Å². The molecule has 0 aliphatic rings. The van der Waals surface area contributed by atoms with Crippen LogP contribution in [-0.2, 0) is 0 Å². The van der Waals surface area contributed by atoms with Crippen LogP contribution in [0.2, 0.25) is 0 Å². The van der Waals surface area contributed by atoms with Crippen molar-refractivity contribution in [1.82, 2.24) is 0 Å². The molecule has 1 radical (unpaired) electrons. The first-order valence-electron chi connectivity index (χ1n) is 3.47. The first-order chi connectivity index (χ1) is 4.41. The van der Waals surface area contributed by atoms with Gasteiger partial charge >= 0.3 is 0 Å². The third kappa shape index (κ3) is 7.70. The fourth-order valence-electron chi connectivity index (χ4n) is 0.610. The first kappa shape index (κ1) is 8.70. The van der Waals surface area contributed by atoms with E-state index in [4.69, 9.17) is 5.11 Å². The quantitative estimate of drug-likeness (QED) is 0.442. The molecule has 0 saturated heterocycles. The summed E-state index contributed by atoms with van der Waals surface area (Å²) in [7, 11) is 0. The molecule has 53 valence electrons. The van der Waals surface area contributed by atoms with Gasteiger partial charge in [-0.25, -0.2) is 0 Å². The predicted molar refractivity (Wildman–Crippen MR) is 40.1 cm³/mol. The van der Waals surface area contributed by atoms with Gasteiger partial charge in [-0.05, 0) is 32.6 Å². The van der Waals surface area contributed by atoms with E-state index in [0.717, 1.165) is 25.7 Å². The maximum Gasteiger partial charge on any atom is 0.0431 e. The zero-order valence-corrected chi connectivity index (χ0v) is 5.84. The van der Waals surface area contributed by atoms with Crippen LogP contribution in [0.1, 0.15) is 25.7 Å². The molecule has 0 atom stereocenters. The van der Waals surface area contributed by atoms with Gasteiger partial charge in [-0.2, -0.15) is 0 Å². The van der Waals surface area contributed by atoms with Crippen LogP contribution in [0.4, 0.5) is 0 Å². The molecule has 1 nitrogen and oxygen atoms in total. The summed E-state index contributed by atoms with van der Waals surface area (Å²) in [6, 6.07) is 0. The van der Waals surface area contributed by atoms with Crippen LogP contribution in [0.15, 0.2) is 12.2 Å². The second-order valence-corrected chi connectivity index (χ2v) is 1.98. The molecule has 0 aliphatic carbocycles. The molecule has 0 saturated carbocycles. The van der Waals surface area contributed by atoms with Crippen LogP contribution in [0, 0.1) is 6.92 Å². The molecule has 0 spiro atoms. The largest absolute Gasteiger partial charge is 0.396 e. The number of allylic oxidation sites excluding steroid dienone is 2.